The Morgan fingerprint density at radius 1 is 1.16 bits per heavy atom. The lowest BCUT2D eigenvalue weighted by Crippen LogP contribution is -2.46. The van der Waals surface area contributed by atoms with E-state index in [1.54, 1.807) is 31.4 Å². The van der Waals surface area contributed by atoms with Crippen molar-refractivity contribution in [1.82, 2.24) is 14.6 Å². The van der Waals surface area contributed by atoms with Crippen molar-refractivity contribution in [2.45, 2.75) is 37.1 Å². The van der Waals surface area contributed by atoms with Gasteiger partial charge in [-0.05, 0) is 55.7 Å². The van der Waals surface area contributed by atoms with Crippen molar-refractivity contribution in [3.63, 3.8) is 0 Å². The van der Waals surface area contributed by atoms with Gasteiger partial charge < -0.3 is 15.0 Å². The molecule has 0 aliphatic carbocycles. The van der Waals surface area contributed by atoms with Crippen LogP contribution in [0.2, 0.25) is 0 Å². The van der Waals surface area contributed by atoms with E-state index in [0.29, 0.717) is 30.8 Å². The quantitative estimate of drug-likeness (QED) is 0.615. The maximum atomic E-state index is 12.8. The fourth-order valence-corrected chi connectivity index (χ4v) is 5.45. The zero-order chi connectivity index (χ0) is 22.0. The van der Waals surface area contributed by atoms with E-state index < -0.39 is 10.0 Å². The Labute approximate surface area is 182 Å². The van der Waals surface area contributed by atoms with Crippen LogP contribution in [0.25, 0.3) is 10.9 Å². The summed E-state index contributed by atoms with van der Waals surface area (Å²) in [4.78, 5) is 16.1. The standard InChI is InChI=1S/C23H27N3O4S/c1-16-3-6-20(7-4-16)31(28,29)26-11-9-18(10-12-26)25-23(27)13-17-15-24-22-8-5-19(30-2)14-21(17)22/h3-8,14-15,18,24H,9-13H2,1-2H3,(H,25,27). The van der Waals surface area contributed by atoms with Crippen molar-refractivity contribution in [2.24, 2.45) is 0 Å². The Morgan fingerprint density at radius 3 is 2.55 bits per heavy atom. The maximum Gasteiger partial charge on any atom is 0.243 e. The fraction of sp³-hybridized carbons (Fsp3) is 0.348. The lowest BCUT2D eigenvalue weighted by molar-refractivity contribution is -0.121. The van der Waals surface area contributed by atoms with Gasteiger partial charge in [0.05, 0.1) is 18.4 Å². The Balaban J connectivity index is 1.35. The third-order valence-corrected chi connectivity index (χ3v) is 7.72. The largest absolute Gasteiger partial charge is 0.497 e. The molecular weight excluding hydrogens is 414 g/mol. The summed E-state index contributed by atoms with van der Waals surface area (Å²) in [6, 6.07) is 12.6. The van der Waals surface area contributed by atoms with Gasteiger partial charge in [-0.1, -0.05) is 17.7 Å². The highest BCUT2D eigenvalue weighted by Crippen LogP contribution is 2.25. The van der Waals surface area contributed by atoms with E-state index in [1.807, 2.05) is 31.3 Å². The number of fused-ring (bicyclic) bond motifs is 1. The SMILES string of the molecule is COc1ccc2[nH]cc(CC(=O)NC3CCN(S(=O)(=O)c4ccc(C)cc4)CC3)c2c1. The fourth-order valence-electron chi connectivity index (χ4n) is 3.98. The van der Waals surface area contributed by atoms with Gasteiger partial charge in [0.15, 0.2) is 0 Å². The van der Waals surface area contributed by atoms with Crippen LogP contribution in [0.5, 0.6) is 5.75 Å². The number of aromatic amines is 1. The molecule has 0 bridgehead atoms. The molecule has 1 aliphatic heterocycles. The number of hydrogen-bond acceptors (Lipinski definition) is 4. The molecule has 31 heavy (non-hydrogen) atoms. The molecule has 7 nitrogen and oxygen atoms in total. The minimum Gasteiger partial charge on any atom is -0.497 e. The molecule has 0 unspecified atom stereocenters. The molecule has 1 fully saturated rings. The van der Waals surface area contributed by atoms with Crippen LogP contribution in [-0.4, -0.2) is 49.9 Å². The second-order valence-electron chi connectivity index (χ2n) is 7.96. The first-order valence-corrected chi connectivity index (χ1v) is 11.8. The second kappa shape index (κ2) is 8.72. The van der Waals surface area contributed by atoms with Crippen LogP contribution in [-0.2, 0) is 21.2 Å². The normalized spacial score (nSPS) is 15.8. The van der Waals surface area contributed by atoms with Crippen LogP contribution in [0.1, 0.15) is 24.0 Å². The number of carbonyl (C=O) groups excluding carboxylic acids is 1. The first-order valence-electron chi connectivity index (χ1n) is 10.4. The third-order valence-electron chi connectivity index (χ3n) is 5.80. The lowest BCUT2D eigenvalue weighted by Gasteiger charge is -2.31. The highest BCUT2D eigenvalue weighted by Gasteiger charge is 2.30. The molecule has 2 N–H and O–H groups in total. The van der Waals surface area contributed by atoms with Crippen LogP contribution in [0.3, 0.4) is 0 Å². The van der Waals surface area contributed by atoms with Crippen molar-refractivity contribution >= 4 is 26.8 Å². The van der Waals surface area contributed by atoms with Crippen LogP contribution in [0.15, 0.2) is 53.6 Å². The van der Waals surface area contributed by atoms with Crippen molar-refractivity contribution in [3.05, 3.63) is 59.8 Å². The van der Waals surface area contributed by atoms with Gasteiger partial charge >= 0.3 is 0 Å². The number of sulfonamides is 1. The summed E-state index contributed by atoms with van der Waals surface area (Å²) in [5, 5.41) is 4.03. The van der Waals surface area contributed by atoms with Gasteiger partial charge in [0.1, 0.15) is 5.75 Å². The number of aromatic nitrogens is 1. The predicted molar refractivity (Wildman–Crippen MR) is 120 cm³/mol. The molecule has 1 aromatic heterocycles. The summed E-state index contributed by atoms with van der Waals surface area (Å²) in [5.74, 6) is 0.680. The van der Waals surface area contributed by atoms with Gasteiger partial charge in [0.25, 0.3) is 0 Å². The number of carbonyl (C=O) groups is 1. The zero-order valence-corrected chi connectivity index (χ0v) is 18.5. The Kier molecular flexibility index (Phi) is 6.02. The lowest BCUT2D eigenvalue weighted by atomic mass is 10.1. The van der Waals surface area contributed by atoms with E-state index in [2.05, 4.69) is 10.3 Å². The molecule has 1 amide bonds. The van der Waals surface area contributed by atoms with Crippen LogP contribution in [0.4, 0.5) is 0 Å². The maximum absolute atomic E-state index is 12.8. The van der Waals surface area contributed by atoms with E-state index in [1.165, 1.54) is 4.31 Å². The summed E-state index contributed by atoms with van der Waals surface area (Å²) in [7, 11) is -1.88. The van der Waals surface area contributed by atoms with Gasteiger partial charge in [0, 0.05) is 36.2 Å². The van der Waals surface area contributed by atoms with Gasteiger partial charge in [0.2, 0.25) is 15.9 Å². The number of amides is 1. The summed E-state index contributed by atoms with van der Waals surface area (Å²) < 4.78 is 32.5. The number of nitrogens with one attached hydrogen (secondary N) is 2. The molecule has 2 heterocycles. The molecule has 2 aromatic carbocycles. The van der Waals surface area contributed by atoms with E-state index in [-0.39, 0.29) is 18.4 Å². The average Bonchev–Trinajstić information content (AvgIpc) is 3.16. The zero-order valence-electron chi connectivity index (χ0n) is 17.7. The summed E-state index contributed by atoms with van der Waals surface area (Å²) in [6.45, 7) is 2.72. The number of ether oxygens (including phenoxy) is 1. The molecule has 0 radical (unpaired) electrons. The van der Waals surface area contributed by atoms with E-state index in [0.717, 1.165) is 27.8 Å². The van der Waals surface area contributed by atoms with Gasteiger partial charge in [-0.25, -0.2) is 8.42 Å². The monoisotopic (exact) mass is 441 g/mol. The molecule has 0 spiro atoms. The van der Waals surface area contributed by atoms with Crippen molar-refractivity contribution in [2.75, 3.05) is 20.2 Å². The molecule has 8 heteroatoms. The number of methoxy groups -OCH3 is 1. The molecule has 0 saturated carbocycles. The molecule has 3 aromatic rings. The van der Waals surface area contributed by atoms with E-state index in [4.69, 9.17) is 4.74 Å². The minimum atomic E-state index is -3.50. The van der Waals surface area contributed by atoms with Crippen molar-refractivity contribution < 1.29 is 17.9 Å². The molecule has 1 saturated heterocycles. The summed E-state index contributed by atoms with van der Waals surface area (Å²) >= 11 is 0. The Bertz CT molecular complexity index is 1180. The molecule has 0 atom stereocenters. The summed E-state index contributed by atoms with van der Waals surface area (Å²) in [5.41, 5.74) is 2.89. The van der Waals surface area contributed by atoms with Crippen molar-refractivity contribution in [1.29, 1.82) is 0 Å². The third kappa shape index (κ3) is 4.60. The van der Waals surface area contributed by atoms with Gasteiger partial charge in [-0.2, -0.15) is 4.31 Å². The van der Waals surface area contributed by atoms with Crippen molar-refractivity contribution in [3.8, 4) is 5.75 Å². The highest BCUT2D eigenvalue weighted by atomic mass is 32.2. The van der Waals surface area contributed by atoms with Crippen LogP contribution in [0, 0.1) is 6.92 Å². The molecular formula is C23H27N3O4S. The number of benzene rings is 2. The minimum absolute atomic E-state index is 0.0308. The van der Waals surface area contributed by atoms with Crippen LogP contribution < -0.4 is 10.1 Å². The Morgan fingerprint density at radius 2 is 1.87 bits per heavy atom. The van der Waals surface area contributed by atoms with E-state index in [9.17, 15) is 13.2 Å². The Hall–Kier alpha value is -2.84. The number of hydrogen-bond donors (Lipinski definition) is 2. The van der Waals surface area contributed by atoms with Gasteiger partial charge in [-0.3, -0.25) is 4.79 Å². The molecule has 4 rings (SSSR count). The van der Waals surface area contributed by atoms with E-state index >= 15 is 0 Å². The number of nitrogens with zero attached hydrogens (tertiary/aromatic N) is 1. The van der Waals surface area contributed by atoms with Crippen LogP contribution >= 0.6 is 0 Å². The average molecular weight is 442 g/mol. The number of piperidine rings is 1. The number of H-pyrrole nitrogens is 1. The molecule has 164 valence electrons. The number of aryl methyl sites for hydroxylation is 1. The topological polar surface area (TPSA) is 91.5 Å². The number of rotatable bonds is 6. The summed E-state index contributed by atoms with van der Waals surface area (Å²) in [6.07, 6.45) is 3.30. The first-order chi connectivity index (χ1) is 14.9. The predicted octanol–water partition coefficient (Wildman–Crippen LogP) is 3.00. The second-order valence-corrected chi connectivity index (χ2v) is 9.90. The first kappa shape index (κ1) is 21.4. The van der Waals surface area contributed by atoms with Gasteiger partial charge in [-0.15, -0.1) is 0 Å². The highest BCUT2D eigenvalue weighted by molar-refractivity contribution is 7.89. The molecule has 1 aliphatic rings. The smallest absolute Gasteiger partial charge is 0.243 e.